The lowest BCUT2D eigenvalue weighted by atomic mass is 10.0. The molecule has 0 spiro atoms. The van der Waals surface area contributed by atoms with Crippen LogP contribution in [-0.2, 0) is 57.0 Å². The first-order valence-corrected chi connectivity index (χ1v) is 31.8. The third kappa shape index (κ3) is 11.0. The van der Waals surface area contributed by atoms with Crippen molar-refractivity contribution < 1.29 is 64.1 Å². The number of hydrogen-bond donors (Lipinski definition) is 4. The van der Waals surface area contributed by atoms with Crippen LogP contribution in [0.5, 0.6) is 0 Å². The molecule has 396 valence electrons. The fourth-order valence-corrected chi connectivity index (χ4v) is 22.5. The van der Waals surface area contributed by atoms with Gasteiger partial charge in [0.25, 0.3) is 11.5 Å². The number of anilines is 1. The number of aromatic nitrogens is 7. The molecule has 3 aliphatic heterocycles. The van der Waals surface area contributed by atoms with E-state index >= 15 is 4.39 Å². The quantitative estimate of drug-likeness (QED) is 0.0452. The molecular weight excluding hydrogens is 1050 g/mol. The second-order valence-electron chi connectivity index (χ2n) is 19.3. The predicted molar refractivity (Wildman–Crippen MR) is 269 cm³/mol. The second-order valence-corrected chi connectivity index (χ2v) is 32.3. The average molecular weight is 1110 g/mol. The summed E-state index contributed by atoms with van der Waals surface area (Å²) in [5.74, 6) is -2.04. The smallest absolute Gasteiger partial charge is 0.414 e. The number of imidazole rings is 1. The third-order valence-corrected chi connectivity index (χ3v) is 26.4. The van der Waals surface area contributed by atoms with E-state index in [1.165, 1.54) is 17.2 Å². The first-order valence-electron chi connectivity index (χ1n) is 23.8. The summed E-state index contributed by atoms with van der Waals surface area (Å²) in [6.07, 6.45) is -4.58. The molecule has 0 radical (unpaired) electrons. The minimum Gasteiger partial charge on any atom is -0.414 e. The van der Waals surface area contributed by atoms with E-state index < -0.39 is 116 Å². The molecule has 8 rings (SSSR count). The number of aromatic amines is 1. The highest BCUT2D eigenvalue weighted by Gasteiger charge is 2.61. The number of H-pyrrole nitrogens is 1. The fourth-order valence-electron chi connectivity index (χ4n) is 9.50. The van der Waals surface area contributed by atoms with Gasteiger partial charge >= 0.3 is 31.7 Å². The first kappa shape index (κ1) is 55.2. The molecule has 5 aromatic rings. The molecule has 0 saturated carbocycles. The van der Waals surface area contributed by atoms with Crippen LogP contribution in [-0.4, -0.2) is 117 Å². The molecule has 0 aliphatic carbocycles. The van der Waals surface area contributed by atoms with Crippen LogP contribution in [0.15, 0.2) is 60.3 Å². The van der Waals surface area contributed by atoms with E-state index in [0.717, 1.165) is 12.5 Å². The van der Waals surface area contributed by atoms with Gasteiger partial charge in [-0.05, 0) is 46.1 Å². The number of hydrogen-bond acceptors (Lipinski definition) is 19. The van der Waals surface area contributed by atoms with Gasteiger partial charge in [0.1, 0.15) is 48.5 Å². The summed E-state index contributed by atoms with van der Waals surface area (Å²) < 4.78 is 92.2. The van der Waals surface area contributed by atoms with Crippen molar-refractivity contribution in [2.75, 3.05) is 25.1 Å². The van der Waals surface area contributed by atoms with Crippen molar-refractivity contribution in [3.8, 4) is 6.07 Å². The van der Waals surface area contributed by atoms with Gasteiger partial charge in [-0.2, -0.15) is 5.26 Å². The van der Waals surface area contributed by atoms with Gasteiger partial charge in [-0.1, -0.05) is 80.5 Å². The van der Waals surface area contributed by atoms with Crippen LogP contribution in [0, 0.1) is 23.1 Å². The minimum atomic E-state index is -5.13. The SMILES string of the molecule is CC(C)[Si](O)(O[Si](O[C@H]1[C@H]2OP(=S)(OCCC#N)OC[C@H]3OC(n4cnc5c(NC(=O)c6ccccc6)ncnc54)[C@H](C)[C@@H]3OP(=O)(O)OC[C@H]1O[C@H]2n1cc(F)c2c(=O)[nH]cnc21)(C(C)C)C(C)C)C(C)C. The van der Waals surface area contributed by atoms with Crippen molar-refractivity contribution in [2.45, 2.75) is 134 Å². The summed E-state index contributed by atoms with van der Waals surface area (Å²) >= 11 is 6.18. The van der Waals surface area contributed by atoms with Crippen molar-refractivity contribution in [3.63, 3.8) is 0 Å². The number of nitrogens with one attached hydrogen (secondary N) is 2. The van der Waals surface area contributed by atoms with Gasteiger partial charge in [0.15, 0.2) is 34.7 Å². The van der Waals surface area contributed by atoms with Crippen LogP contribution in [0.3, 0.4) is 0 Å². The number of halogens is 1. The van der Waals surface area contributed by atoms with Crippen LogP contribution < -0.4 is 10.9 Å². The van der Waals surface area contributed by atoms with Gasteiger partial charge in [-0.3, -0.25) is 27.7 Å². The van der Waals surface area contributed by atoms with Gasteiger partial charge in [0, 0.05) is 17.7 Å². The van der Waals surface area contributed by atoms with Crippen LogP contribution in [0.2, 0.25) is 22.2 Å². The third-order valence-electron chi connectivity index (χ3n) is 13.4. The number of benzene rings is 1. The van der Waals surface area contributed by atoms with Gasteiger partial charge in [-0.15, -0.1) is 0 Å². The predicted octanol–water partition coefficient (Wildman–Crippen LogP) is 7.38. The van der Waals surface area contributed by atoms with Gasteiger partial charge < -0.3 is 51.6 Å². The van der Waals surface area contributed by atoms with E-state index in [9.17, 15) is 29.1 Å². The molecule has 2 bridgehead atoms. The Morgan fingerprint density at radius 2 is 1.64 bits per heavy atom. The largest absolute Gasteiger partial charge is 0.472 e. The van der Waals surface area contributed by atoms with Crippen LogP contribution in [0.4, 0.5) is 10.2 Å². The van der Waals surface area contributed by atoms with Gasteiger partial charge in [-0.25, -0.2) is 28.9 Å². The van der Waals surface area contributed by atoms with Crippen molar-refractivity contribution in [1.82, 2.24) is 34.1 Å². The highest BCUT2D eigenvalue weighted by atomic mass is 32.5. The van der Waals surface area contributed by atoms with E-state index in [1.807, 2.05) is 61.5 Å². The van der Waals surface area contributed by atoms with Crippen LogP contribution in [0.25, 0.3) is 22.2 Å². The average Bonchev–Trinajstić information content (AvgIpc) is 4.09. The number of nitriles is 1. The summed E-state index contributed by atoms with van der Waals surface area (Å²) in [5.41, 5.74) is -1.40. The van der Waals surface area contributed by atoms with E-state index in [2.05, 4.69) is 30.2 Å². The Hall–Kier alpha value is -4.05. The summed E-state index contributed by atoms with van der Waals surface area (Å²) in [6.45, 7) is 11.2. The summed E-state index contributed by atoms with van der Waals surface area (Å²) in [6, 6.07) is 10.5. The lowest BCUT2D eigenvalue weighted by Gasteiger charge is -2.47. The van der Waals surface area contributed by atoms with Gasteiger partial charge in [0.2, 0.25) is 0 Å². The number of amides is 1. The minimum absolute atomic E-state index is 0.118. The monoisotopic (exact) mass is 1110 g/mol. The number of phosphoric acid groups is 1. The molecule has 3 unspecified atom stereocenters. The Morgan fingerprint density at radius 1 is 0.959 bits per heavy atom. The molecule has 10 atom stereocenters. The molecule has 4 N–H and O–H groups in total. The number of ether oxygens (including phenoxy) is 2. The van der Waals surface area contributed by atoms with Crippen molar-refractivity contribution in [2.24, 2.45) is 5.92 Å². The Bertz CT molecular complexity index is 2990. The van der Waals surface area contributed by atoms with Crippen LogP contribution >= 0.6 is 14.5 Å². The lowest BCUT2D eigenvalue weighted by molar-refractivity contribution is -0.0647. The molecule has 7 heterocycles. The Morgan fingerprint density at radius 3 is 2.32 bits per heavy atom. The molecule has 73 heavy (non-hydrogen) atoms. The lowest BCUT2D eigenvalue weighted by Crippen LogP contribution is -2.62. The number of fused-ring (bicyclic) bond motifs is 5. The van der Waals surface area contributed by atoms with Crippen molar-refractivity contribution in [3.05, 3.63) is 77.2 Å². The first-order chi connectivity index (χ1) is 34.5. The number of carbonyl (C=O) groups is 1. The highest BCUT2D eigenvalue weighted by molar-refractivity contribution is 8.07. The maximum atomic E-state index is 15.9. The van der Waals surface area contributed by atoms with Gasteiger partial charge in [0.05, 0.1) is 45.0 Å². The van der Waals surface area contributed by atoms with E-state index in [4.69, 9.17) is 52.4 Å². The molecule has 1 amide bonds. The topological polar surface area (TPSA) is 288 Å². The standard InChI is InChI=1S/C44H60FN9O14P2SSi2/c1-24(2)72(59,25(3)4)68-73(26(5)6,27(7)8)67-36-32-19-61-69(57,58)65-35-28(9)43(54-23-51-34-38(47-21-49-40(34)54)52-41(55)29-14-11-10-12-15-29)63-31(35)20-62-70(71,60-17-13-16-46)66-37(36)44(64-32)53-18-30(45)33-39(53)48-22-50-42(33)56/h10-12,14-15,18,21-28,31-32,35-37,43-44,59H,13,17,19-20H2,1-9H3,(H,57,58)(H,48,50,56)(H,47,49,52,55)/t28-,31-,32-,35+,36-,37-,43?,44-,70?/m1/s1. The molecule has 29 heteroatoms. The molecule has 4 aromatic heterocycles. The van der Waals surface area contributed by atoms with Crippen molar-refractivity contribution in [1.29, 1.82) is 5.26 Å². The Kier molecular flexibility index (Phi) is 16.6. The molecule has 23 nitrogen and oxygen atoms in total. The molecular formula is C44H60FN9O14P2SSi2. The molecule has 3 saturated heterocycles. The zero-order valence-electron chi connectivity index (χ0n) is 41.6. The van der Waals surface area contributed by atoms with Crippen molar-refractivity contribution >= 4 is 77.4 Å². The second kappa shape index (κ2) is 21.9. The zero-order chi connectivity index (χ0) is 52.8. The number of nitrogens with zero attached hydrogens (tertiary/aromatic N) is 7. The molecule has 3 aliphatic rings. The molecule has 3 fully saturated rings. The van der Waals surface area contributed by atoms with E-state index in [0.29, 0.717) is 5.56 Å². The summed E-state index contributed by atoms with van der Waals surface area (Å²) in [5, 5.41) is 12.0. The summed E-state index contributed by atoms with van der Waals surface area (Å²) in [4.78, 5) is 70.1. The Balaban J connectivity index is 1.21. The maximum absolute atomic E-state index is 15.9. The number of phosphoric ester groups is 1. The normalized spacial score (nSPS) is 28.4. The zero-order valence-corrected chi connectivity index (χ0v) is 46.2. The molecule has 1 aromatic carbocycles. The van der Waals surface area contributed by atoms with E-state index in [-0.39, 0.29) is 57.8 Å². The fraction of sp³-hybridized carbons (Fsp3) is 0.568. The number of rotatable bonds is 15. The van der Waals surface area contributed by atoms with E-state index in [1.54, 1.807) is 41.8 Å². The highest BCUT2D eigenvalue weighted by Crippen LogP contribution is 2.58. The summed E-state index contributed by atoms with van der Waals surface area (Å²) in [7, 11) is -12.5. The van der Waals surface area contributed by atoms with Crippen LogP contribution in [0.1, 0.15) is 91.5 Å². The number of carbonyl (C=O) groups excluding carboxylic acids is 1. The Labute approximate surface area is 427 Å². The maximum Gasteiger partial charge on any atom is 0.472 e.